The van der Waals surface area contributed by atoms with Gasteiger partial charge in [-0.05, 0) is 85.3 Å². The molecule has 6 rings (SSSR count). The SMILES string of the molecule is FC(F)(F)c1ccc(-c2c(-c3ccccc3)c(-c3ccccc3)cc3cc4ccccc4cc23)cc1. The summed E-state index contributed by atoms with van der Waals surface area (Å²) in [7, 11) is 0. The topological polar surface area (TPSA) is 0 Å². The lowest BCUT2D eigenvalue weighted by molar-refractivity contribution is -0.137. The minimum atomic E-state index is -4.38. The molecular weight excluding hydrogens is 453 g/mol. The Kier molecular flexibility index (Phi) is 5.34. The van der Waals surface area contributed by atoms with Crippen molar-refractivity contribution in [1.29, 1.82) is 0 Å². The summed E-state index contributed by atoms with van der Waals surface area (Å²) in [6, 6.07) is 40.4. The number of halogens is 3. The normalized spacial score (nSPS) is 11.8. The van der Waals surface area contributed by atoms with Gasteiger partial charge >= 0.3 is 6.18 Å². The van der Waals surface area contributed by atoms with Gasteiger partial charge in [0.25, 0.3) is 0 Å². The second-order valence-electron chi connectivity index (χ2n) is 8.90. The average molecular weight is 475 g/mol. The highest BCUT2D eigenvalue weighted by Crippen LogP contribution is 2.46. The lowest BCUT2D eigenvalue weighted by Crippen LogP contribution is -2.04. The number of benzene rings is 6. The van der Waals surface area contributed by atoms with Gasteiger partial charge in [0.05, 0.1) is 5.56 Å². The summed E-state index contributed by atoms with van der Waals surface area (Å²) in [4.78, 5) is 0. The van der Waals surface area contributed by atoms with E-state index in [0.29, 0.717) is 0 Å². The Morgan fingerprint density at radius 2 is 0.944 bits per heavy atom. The van der Waals surface area contributed by atoms with Gasteiger partial charge in [0, 0.05) is 0 Å². The number of fused-ring (bicyclic) bond motifs is 2. The Morgan fingerprint density at radius 1 is 0.417 bits per heavy atom. The molecule has 0 aliphatic heterocycles. The Labute approximate surface area is 207 Å². The van der Waals surface area contributed by atoms with Crippen molar-refractivity contribution in [3.05, 3.63) is 133 Å². The Balaban J connectivity index is 1.77. The molecule has 0 atom stereocenters. The van der Waals surface area contributed by atoms with E-state index in [1.165, 1.54) is 12.1 Å². The van der Waals surface area contributed by atoms with Crippen LogP contribution in [0.15, 0.2) is 127 Å². The molecule has 0 saturated heterocycles. The molecule has 0 radical (unpaired) electrons. The van der Waals surface area contributed by atoms with Crippen molar-refractivity contribution < 1.29 is 13.2 Å². The molecule has 0 fully saturated rings. The van der Waals surface area contributed by atoms with Crippen LogP contribution in [0.25, 0.3) is 54.9 Å². The molecule has 0 aromatic heterocycles. The van der Waals surface area contributed by atoms with Crippen LogP contribution in [0.3, 0.4) is 0 Å². The molecule has 0 aliphatic rings. The molecule has 0 N–H and O–H groups in total. The molecule has 0 heterocycles. The smallest absolute Gasteiger partial charge is 0.166 e. The van der Waals surface area contributed by atoms with Crippen molar-refractivity contribution in [3.63, 3.8) is 0 Å². The quantitative estimate of drug-likeness (QED) is 0.224. The van der Waals surface area contributed by atoms with Crippen molar-refractivity contribution in [1.82, 2.24) is 0 Å². The third kappa shape index (κ3) is 3.93. The van der Waals surface area contributed by atoms with Crippen LogP contribution < -0.4 is 0 Å². The van der Waals surface area contributed by atoms with Gasteiger partial charge in [0.2, 0.25) is 0 Å². The zero-order valence-electron chi connectivity index (χ0n) is 19.3. The maximum atomic E-state index is 13.4. The predicted molar refractivity (Wildman–Crippen MR) is 143 cm³/mol. The molecule has 0 saturated carbocycles. The van der Waals surface area contributed by atoms with Crippen LogP contribution in [0.5, 0.6) is 0 Å². The molecule has 0 nitrogen and oxygen atoms in total. The first kappa shape index (κ1) is 22.1. The maximum Gasteiger partial charge on any atom is 0.416 e. The maximum absolute atomic E-state index is 13.4. The van der Waals surface area contributed by atoms with Crippen LogP contribution in [0.2, 0.25) is 0 Å². The third-order valence-corrected chi connectivity index (χ3v) is 6.65. The van der Waals surface area contributed by atoms with E-state index < -0.39 is 11.7 Å². The molecule has 36 heavy (non-hydrogen) atoms. The first-order valence-corrected chi connectivity index (χ1v) is 11.8. The molecule has 174 valence electrons. The van der Waals surface area contributed by atoms with Crippen LogP contribution in [0.4, 0.5) is 13.2 Å². The number of alkyl halides is 3. The van der Waals surface area contributed by atoms with E-state index in [1.54, 1.807) is 12.1 Å². The molecule has 0 spiro atoms. The Morgan fingerprint density at radius 3 is 1.56 bits per heavy atom. The van der Waals surface area contributed by atoms with Crippen molar-refractivity contribution in [2.24, 2.45) is 0 Å². The highest BCUT2D eigenvalue weighted by Gasteiger charge is 2.30. The van der Waals surface area contributed by atoms with E-state index in [2.05, 4.69) is 54.6 Å². The van der Waals surface area contributed by atoms with Crippen LogP contribution in [-0.4, -0.2) is 0 Å². The van der Waals surface area contributed by atoms with Gasteiger partial charge in [-0.1, -0.05) is 97.1 Å². The highest BCUT2D eigenvalue weighted by atomic mass is 19.4. The number of hydrogen-bond acceptors (Lipinski definition) is 0. The van der Waals surface area contributed by atoms with Crippen molar-refractivity contribution in [2.75, 3.05) is 0 Å². The van der Waals surface area contributed by atoms with Crippen LogP contribution in [-0.2, 0) is 6.18 Å². The van der Waals surface area contributed by atoms with Gasteiger partial charge < -0.3 is 0 Å². The third-order valence-electron chi connectivity index (χ3n) is 6.65. The summed E-state index contributed by atoms with van der Waals surface area (Å²) >= 11 is 0. The summed E-state index contributed by atoms with van der Waals surface area (Å²) < 4.78 is 40.1. The van der Waals surface area contributed by atoms with Crippen LogP contribution in [0.1, 0.15) is 5.56 Å². The molecule has 0 amide bonds. The first-order valence-electron chi connectivity index (χ1n) is 11.8. The largest absolute Gasteiger partial charge is 0.416 e. The fraction of sp³-hybridized carbons (Fsp3) is 0.0303. The predicted octanol–water partition coefficient (Wildman–Crippen LogP) is 10.0. The van der Waals surface area contributed by atoms with E-state index in [-0.39, 0.29) is 0 Å². The fourth-order valence-electron chi connectivity index (χ4n) is 4.97. The monoisotopic (exact) mass is 474 g/mol. The molecule has 6 aromatic rings. The van der Waals surface area contributed by atoms with E-state index in [4.69, 9.17) is 0 Å². The fourth-order valence-corrected chi connectivity index (χ4v) is 4.97. The van der Waals surface area contributed by atoms with Gasteiger partial charge in [-0.15, -0.1) is 0 Å². The van der Waals surface area contributed by atoms with Crippen molar-refractivity contribution in [3.8, 4) is 33.4 Å². The summed E-state index contributed by atoms with van der Waals surface area (Å²) in [5.74, 6) is 0. The second kappa shape index (κ2) is 8.69. The van der Waals surface area contributed by atoms with Gasteiger partial charge in [-0.3, -0.25) is 0 Å². The van der Waals surface area contributed by atoms with Gasteiger partial charge in [-0.25, -0.2) is 0 Å². The minimum Gasteiger partial charge on any atom is -0.166 e. The first-order chi connectivity index (χ1) is 17.5. The van der Waals surface area contributed by atoms with Crippen LogP contribution in [0, 0.1) is 0 Å². The van der Waals surface area contributed by atoms with Gasteiger partial charge in [0.1, 0.15) is 0 Å². The summed E-state index contributed by atoms with van der Waals surface area (Å²) in [6.07, 6.45) is -4.38. The average Bonchev–Trinajstić information content (AvgIpc) is 2.91. The highest BCUT2D eigenvalue weighted by molar-refractivity contribution is 6.13. The second-order valence-corrected chi connectivity index (χ2v) is 8.90. The van der Waals surface area contributed by atoms with E-state index in [0.717, 1.165) is 54.9 Å². The van der Waals surface area contributed by atoms with E-state index >= 15 is 0 Å². The molecule has 6 aromatic carbocycles. The molecule has 0 unspecified atom stereocenters. The lowest BCUT2D eigenvalue weighted by Gasteiger charge is -2.20. The van der Waals surface area contributed by atoms with E-state index in [1.807, 2.05) is 48.5 Å². The van der Waals surface area contributed by atoms with Crippen LogP contribution >= 0.6 is 0 Å². The lowest BCUT2D eigenvalue weighted by atomic mass is 9.83. The molecule has 3 heteroatoms. The standard InChI is InChI=1S/C33H21F3/c34-33(35,36)28-17-15-24(16-18-28)32-30-20-26-14-8-7-13-25(26)19-27(30)21-29(22-9-3-1-4-10-22)31(32)23-11-5-2-6-12-23/h1-21H. The van der Waals surface area contributed by atoms with E-state index in [9.17, 15) is 13.2 Å². The van der Waals surface area contributed by atoms with Gasteiger partial charge in [-0.2, -0.15) is 13.2 Å². The summed E-state index contributed by atoms with van der Waals surface area (Å²) in [5, 5.41) is 4.26. The Hall–Kier alpha value is -4.37. The Bertz CT molecular complexity index is 1680. The summed E-state index contributed by atoms with van der Waals surface area (Å²) in [6.45, 7) is 0. The van der Waals surface area contributed by atoms with Crippen molar-refractivity contribution >= 4 is 21.5 Å². The number of hydrogen-bond donors (Lipinski definition) is 0. The zero-order chi connectivity index (χ0) is 24.7. The number of rotatable bonds is 3. The molecular formula is C33H21F3. The zero-order valence-corrected chi connectivity index (χ0v) is 19.3. The molecule has 0 bridgehead atoms. The molecule has 0 aliphatic carbocycles. The summed E-state index contributed by atoms with van der Waals surface area (Å²) in [5.41, 5.74) is 5.14. The van der Waals surface area contributed by atoms with Crippen molar-refractivity contribution in [2.45, 2.75) is 6.18 Å². The minimum absolute atomic E-state index is 0.651. The van der Waals surface area contributed by atoms with Gasteiger partial charge in [0.15, 0.2) is 0 Å².